The van der Waals surface area contributed by atoms with Gasteiger partial charge in [-0.15, -0.1) is 5.10 Å². The number of pyridine rings is 1. The molecule has 6 heteroatoms. The maximum absolute atomic E-state index is 8.14. The van der Waals surface area contributed by atoms with Crippen LogP contribution in [0.25, 0.3) is 5.65 Å². The van der Waals surface area contributed by atoms with Crippen LogP contribution < -0.4 is 4.90 Å². The van der Waals surface area contributed by atoms with Crippen LogP contribution in [0.1, 0.15) is 4.11 Å². The lowest BCUT2D eigenvalue weighted by molar-refractivity contribution is 0.122. The molecule has 5 nitrogen and oxygen atoms in total. The van der Waals surface area contributed by atoms with Crippen molar-refractivity contribution in [3.63, 3.8) is 0 Å². The van der Waals surface area contributed by atoms with Gasteiger partial charge in [-0.3, -0.25) is 0 Å². The highest BCUT2D eigenvalue weighted by molar-refractivity contribution is 6.28. The molecule has 84 valence electrons. The van der Waals surface area contributed by atoms with Crippen molar-refractivity contribution in [1.29, 1.82) is 0 Å². The molecular weight excluding hydrogens is 228 g/mol. The van der Waals surface area contributed by atoms with Crippen LogP contribution in [0.15, 0.2) is 18.3 Å². The van der Waals surface area contributed by atoms with E-state index in [0.29, 0.717) is 32.0 Å². The van der Waals surface area contributed by atoms with Gasteiger partial charge in [0.1, 0.15) is 0 Å². The number of halogens is 1. The van der Waals surface area contributed by atoms with E-state index in [0.717, 1.165) is 0 Å². The zero-order valence-electron chi connectivity index (χ0n) is 11.4. The lowest BCUT2D eigenvalue weighted by Crippen LogP contribution is -2.36. The van der Waals surface area contributed by atoms with Crippen molar-refractivity contribution < 1.29 is 8.85 Å². The SMILES string of the molecule is [2H]c1c(N2CCOCC2)c([2H])n2nc(Cl)nc2c1[2H]. The Bertz CT molecular complexity index is 641. The molecule has 0 saturated carbocycles. The zero-order chi connectivity index (χ0) is 13.6. The Labute approximate surface area is 102 Å². The predicted molar refractivity (Wildman–Crippen MR) is 61.0 cm³/mol. The molecule has 0 bridgehead atoms. The van der Waals surface area contributed by atoms with E-state index in [1.54, 1.807) is 0 Å². The first kappa shape index (κ1) is 7.09. The highest BCUT2D eigenvalue weighted by Crippen LogP contribution is 2.17. The van der Waals surface area contributed by atoms with Crippen molar-refractivity contribution in [2.24, 2.45) is 0 Å². The van der Waals surface area contributed by atoms with E-state index in [9.17, 15) is 0 Å². The van der Waals surface area contributed by atoms with Crippen LogP contribution in [-0.2, 0) is 4.74 Å². The third-order valence-electron chi connectivity index (χ3n) is 2.41. The van der Waals surface area contributed by atoms with Crippen molar-refractivity contribution >= 4 is 22.9 Å². The van der Waals surface area contributed by atoms with E-state index in [1.807, 2.05) is 4.90 Å². The molecule has 0 spiro atoms. The molecule has 3 rings (SSSR count). The van der Waals surface area contributed by atoms with Crippen LogP contribution >= 0.6 is 11.6 Å². The molecule has 1 aliphatic rings. The minimum absolute atomic E-state index is 0.0246. The molecule has 1 fully saturated rings. The molecule has 3 heterocycles. The largest absolute Gasteiger partial charge is 0.378 e. The summed E-state index contributed by atoms with van der Waals surface area (Å²) in [5, 5.41) is 3.87. The number of morpholine rings is 1. The summed E-state index contributed by atoms with van der Waals surface area (Å²) in [5.74, 6) is 0. The summed E-state index contributed by atoms with van der Waals surface area (Å²) < 4.78 is 30.6. The predicted octanol–water partition coefficient (Wildman–Crippen LogP) is 1.22. The first-order chi connectivity index (χ1) is 9.09. The Morgan fingerprint density at radius 1 is 1.38 bits per heavy atom. The minimum atomic E-state index is -0.0723. The highest BCUT2D eigenvalue weighted by atomic mass is 35.5. The quantitative estimate of drug-likeness (QED) is 0.753. The number of ether oxygens (including phenoxy) is 1. The van der Waals surface area contributed by atoms with E-state index in [2.05, 4.69) is 10.1 Å². The molecule has 0 atom stereocenters. The van der Waals surface area contributed by atoms with Crippen molar-refractivity contribution in [3.05, 3.63) is 23.5 Å². The molecule has 0 amide bonds. The maximum atomic E-state index is 8.14. The second-order valence-corrected chi connectivity index (χ2v) is 3.76. The average molecular weight is 242 g/mol. The Morgan fingerprint density at radius 2 is 2.19 bits per heavy atom. The summed E-state index contributed by atoms with van der Waals surface area (Å²) in [6.45, 7) is 2.26. The second kappa shape index (κ2) is 3.92. The molecule has 0 unspecified atom stereocenters. The van der Waals surface area contributed by atoms with Gasteiger partial charge >= 0.3 is 0 Å². The molecular formula is C10H11ClN4O. The molecule has 0 radical (unpaired) electrons. The van der Waals surface area contributed by atoms with E-state index in [4.69, 9.17) is 20.5 Å². The highest BCUT2D eigenvalue weighted by Gasteiger charge is 2.12. The lowest BCUT2D eigenvalue weighted by atomic mass is 10.3. The van der Waals surface area contributed by atoms with Crippen molar-refractivity contribution in [2.45, 2.75) is 0 Å². The van der Waals surface area contributed by atoms with E-state index in [-0.39, 0.29) is 29.2 Å². The van der Waals surface area contributed by atoms with Gasteiger partial charge in [0.2, 0.25) is 5.28 Å². The summed E-state index contributed by atoms with van der Waals surface area (Å²) in [4.78, 5) is 5.73. The fourth-order valence-corrected chi connectivity index (χ4v) is 1.78. The molecule has 0 aliphatic carbocycles. The number of hydrogen-bond acceptors (Lipinski definition) is 4. The smallest absolute Gasteiger partial charge is 0.243 e. The first-order valence-corrected chi connectivity index (χ1v) is 5.32. The monoisotopic (exact) mass is 241 g/mol. The molecule has 1 saturated heterocycles. The van der Waals surface area contributed by atoms with Gasteiger partial charge < -0.3 is 9.64 Å². The second-order valence-electron chi connectivity index (χ2n) is 3.43. The Balaban J connectivity index is 2.23. The van der Waals surface area contributed by atoms with Gasteiger partial charge in [-0.1, -0.05) is 0 Å². The van der Waals surface area contributed by atoms with Crippen molar-refractivity contribution in [1.82, 2.24) is 14.6 Å². The van der Waals surface area contributed by atoms with Crippen LogP contribution in [0.3, 0.4) is 0 Å². The molecule has 0 aromatic carbocycles. The van der Waals surface area contributed by atoms with E-state index in [1.165, 1.54) is 4.52 Å². The van der Waals surface area contributed by atoms with Crippen molar-refractivity contribution in [3.8, 4) is 0 Å². The molecule has 2 aromatic heterocycles. The number of anilines is 1. The lowest BCUT2D eigenvalue weighted by Gasteiger charge is -2.28. The third-order valence-corrected chi connectivity index (χ3v) is 2.57. The summed E-state index contributed by atoms with van der Waals surface area (Å²) in [7, 11) is 0. The molecule has 2 aromatic rings. The van der Waals surface area contributed by atoms with Gasteiger partial charge in [0.15, 0.2) is 5.65 Å². The summed E-state index contributed by atoms with van der Waals surface area (Å²) in [6, 6.07) is -0.0969. The Kier molecular flexibility index (Phi) is 1.73. The van der Waals surface area contributed by atoms with Crippen LogP contribution in [-0.4, -0.2) is 40.9 Å². The summed E-state index contributed by atoms with van der Waals surface area (Å²) in [6.07, 6.45) is 0.0253. The van der Waals surface area contributed by atoms with Crippen molar-refractivity contribution in [2.75, 3.05) is 31.2 Å². The maximum Gasteiger partial charge on any atom is 0.243 e. The summed E-state index contributed by atoms with van der Waals surface area (Å²) >= 11 is 5.71. The molecule has 1 aliphatic heterocycles. The van der Waals surface area contributed by atoms with Gasteiger partial charge in [-0.05, 0) is 23.7 Å². The first-order valence-electron chi connectivity index (χ1n) is 6.44. The van der Waals surface area contributed by atoms with Crippen LogP contribution in [0, 0.1) is 0 Å². The summed E-state index contributed by atoms with van der Waals surface area (Å²) in [5.41, 5.74) is 0.513. The van der Waals surface area contributed by atoms with Gasteiger partial charge in [0.25, 0.3) is 0 Å². The van der Waals surface area contributed by atoms with Gasteiger partial charge in [-0.25, -0.2) is 4.52 Å². The number of hydrogen-bond donors (Lipinski definition) is 0. The Morgan fingerprint density at radius 3 is 3.00 bits per heavy atom. The number of nitrogens with zero attached hydrogens (tertiary/aromatic N) is 4. The van der Waals surface area contributed by atoms with Crippen LogP contribution in [0.4, 0.5) is 5.69 Å². The number of aromatic nitrogens is 3. The fraction of sp³-hybridized carbons (Fsp3) is 0.400. The number of rotatable bonds is 1. The standard InChI is InChI=1S/C10H11ClN4O/c11-10-12-9-2-1-8(7-15(9)13-10)14-3-5-16-6-4-14/h1-2,7H,3-6H2/i1D,2D,7D. The van der Waals surface area contributed by atoms with Crippen LogP contribution in [0.2, 0.25) is 5.28 Å². The van der Waals surface area contributed by atoms with Gasteiger partial charge in [0, 0.05) is 13.1 Å². The van der Waals surface area contributed by atoms with Gasteiger partial charge in [-0.2, -0.15) is 4.98 Å². The minimum Gasteiger partial charge on any atom is -0.378 e. The number of fused-ring (bicyclic) bond motifs is 1. The zero-order valence-corrected chi connectivity index (χ0v) is 9.16. The third kappa shape index (κ3) is 1.72. The molecule has 0 N–H and O–H groups in total. The molecule has 16 heavy (non-hydrogen) atoms. The van der Waals surface area contributed by atoms with E-state index >= 15 is 0 Å². The van der Waals surface area contributed by atoms with Crippen LogP contribution in [0.5, 0.6) is 0 Å². The Hall–Kier alpha value is -1.33. The normalized spacial score (nSPS) is 19.6. The van der Waals surface area contributed by atoms with E-state index < -0.39 is 0 Å². The van der Waals surface area contributed by atoms with Gasteiger partial charge in [0.05, 0.1) is 29.2 Å². The average Bonchev–Trinajstić information content (AvgIpc) is 2.80. The fourth-order valence-electron chi connectivity index (χ4n) is 1.63. The topological polar surface area (TPSA) is 42.7 Å².